The quantitative estimate of drug-likeness (QED) is 0.450. The van der Waals surface area contributed by atoms with Gasteiger partial charge >= 0.3 is 5.97 Å². The van der Waals surface area contributed by atoms with E-state index in [1.54, 1.807) is 13.8 Å². The average molecular weight is 143 g/mol. The predicted molar refractivity (Wildman–Crippen MR) is 36.3 cm³/mol. The number of Topliss-reactive ketones (excluding diaryl/α,β-unsaturated/α-hetero) is 1. The first-order valence-electron chi connectivity index (χ1n) is 2.84. The number of carbonyl (C=O) groups is 2. The topological polar surface area (TPSA) is 66.7 Å². The van der Waals surface area contributed by atoms with E-state index in [9.17, 15) is 9.59 Å². The molecule has 0 aliphatic heterocycles. The minimum Gasteiger partial charge on any atom is -0.475 e. The van der Waals surface area contributed by atoms with Crippen molar-refractivity contribution in [3.63, 3.8) is 0 Å². The molecule has 0 amide bonds. The summed E-state index contributed by atoms with van der Waals surface area (Å²) in [6, 6.07) is -0.0386. The summed E-state index contributed by atoms with van der Waals surface area (Å²) in [7, 11) is 0. The lowest BCUT2D eigenvalue weighted by Crippen LogP contribution is -2.14. The fourth-order valence-electron chi connectivity index (χ4n) is 0.272. The van der Waals surface area contributed by atoms with E-state index in [1.807, 2.05) is 0 Å². The molecular formula is C6H9NO3. The first-order chi connectivity index (χ1) is 4.54. The Morgan fingerprint density at radius 2 is 2.00 bits per heavy atom. The van der Waals surface area contributed by atoms with Gasteiger partial charge in [0.05, 0.1) is 6.21 Å². The molecule has 0 unspecified atom stereocenters. The summed E-state index contributed by atoms with van der Waals surface area (Å²) >= 11 is 0. The van der Waals surface area contributed by atoms with Crippen LogP contribution >= 0.6 is 0 Å². The zero-order valence-corrected chi connectivity index (χ0v) is 5.87. The van der Waals surface area contributed by atoms with Gasteiger partial charge in [0.2, 0.25) is 0 Å². The lowest BCUT2D eigenvalue weighted by atomic mass is 10.4. The van der Waals surface area contributed by atoms with Crippen molar-refractivity contribution in [3.8, 4) is 0 Å². The van der Waals surface area contributed by atoms with Crippen LogP contribution in [-0.4, -0.2) is 29.1 Å². The Kier molecular flexibility index (Phi) is 3.32. The molecule has 0 aliphatic rings. The van der Waals surface area contributed by atoms with Gasteiger partial charge in [0.15, 0.2) is 0 Å². The molecule has 0 atom stereocenters. The third-order valence-corrected chi connectivity index (χ3v) is 0.701. The third-order valence-electron chi connectivity index (χ3n) is 0.701. The molecule has 0 aromatic heterocycles. The van der Waals surface area contributed by atoms with Crippen LogP contribution in [0.1, 0.15) is 13.8 Å². The SMILES string of the molecule is CC(C)/N=C/C(=O)C(=O)O. The van der Waals surface area contributed by atoms with Gasteiger partial charge in [-0.3, -0.25) is 9.79 Å². The van der Waals surface area contributed by atoms with Crippen LogP contribution in [0.3, 0.4) is 0 Å². The fraction of sp³-hybridized carbons (Fsp3) is 0.500. The van der Waals surface area contributed by atoms with E-state index < -0.39 is 11.8 Å². The highest BCUT2D eigenvalue weighted by atomic mass is 16.4. The van der Waals surface area contributed by atoms with Crippen molar-refractivity contribution in [1.82, 2.24) is 0 Å². The lowest BCUT2D eigenvalue weighted by molar-refractivity contribution is -0.145. The Labute approximate surface area is 58.6 Å². The van der Waals surface area contributed by atoms with Gasteiger partial charge in [-0.05, 0) is 13.8 Å². The number of carboxylic acid groups (broad SMARTS) is 1. The van der Waals surface area contributed by atoms with E-state index in [0.29, 0.717) is 0 Å². The highest BCUT2D eigenvalue weighted by Crippen LogP contribution is 1.82. The number of aliphatic imine (C=N–C) groups is 1. The molecule has 0 saturated carbocycles. The van der Waals surface area contributed by atoms with Gasteiger partial charge in [-0.2, -0.15) is 0 Å². The Morgan fingerprint density at radius 3 is 2.30 bits per heavy atom. The number of rotatable bonds is 3. The maximum absolute atomic E-state index is 10.3. The van der Waals surface area contributed by atoms with Crippen molar-refractivity contribution >= 4 is 18.0 Å². The van der Waals surface area contributed by atoms with Crippen LogP contribution in [0.5, 0.6) is 0 Å². The smallest absolute Gasteiger partial charge is 0.378 e. The minimum absolute atomic E-state index is 0.0386. The van der Waals surface area contributed by atoms with Crippen LogP contribution in [0, 0.1) is 0 Å². The van der Waals surface area contributed by atoms with Gasteiger partial charge < -0.3 is 5.11 Å². The number of aliphatic carboxylic acids is 1. The molecule has 0 fully saturated rings. The Bertz CT molecular complexity index is 172. The van der Waals surface area contributed by atoms with Gasteiger partial charge in [0, 0.05) is 6.04 Å². The van der Waals surface area contributed by atoms with Crippen LogP contribution in [0.25, 0.3) is 0 Å². The summed E-state index contributed by atoms with van der Waals surface area (Å²) < 4.78 is 0. The molecule has 10 heavy (non-hydrogen) atoms. The van der Waals surface area contributed by atoms with Crippen molar-refractivity contribution < 1.29 is 14.7 Å². The number of carboxylic acids is 1. The van der Waals surface area contributed by atoms with E-state index in [-0.39, 0.29) is 6.04 Å². The molecular weight excluding hydrogens is 134 g/mol. The largest absolute Gasteiger partial charge is 0.475 e. The maximum Gasteiger partial charge on any atom is 0.378 e. The van der Waals surface area contributed by atoms with Crippen molar-refractivity contribution in [2.75, 3.05) is 0 Å². The summed E-state index contributed by atoms with van der Waals surface area (Å²) in [6.07, 6.45) is 0.826. The van der Waals surface area contributed by atoms with Crippen LogP contribution in [0.4, 0.5) is 0 Å². The zero-order chi connectivity index (χ0) is 8.15. The molecule has 56 valence electrons. The molecule has 0 spiro atoms. The number of ketones is 1. The van der Waals surface area contributed by atoms with E-state index in [4.69, 9.17) is 5.11 Å². The Balaban J connectivity index is 3.91. The molecule has 0 saturated heterocycles. The maximum atomic E-state index is 10.3. The highest BCUT2D eigenvalue weighted by Gasteiger charge is 2.06. The molecule has 0 aliphatic carbocycles. The van der Waals surface area contributed by atoms with Crippen LogP contribution in [0.15, 0.2) is 4.99 Å². The first-order valence-corrected chi connectivity index (χ1v) is 2.84. The fourth-order valence-corrected chi connectivity index (χ4v) is 0.272. The Morgan fingerprint density at radius 1 is 1.50 bits per heavy atom. The number of hydrogen-bond donors (Lipinski definition) is 1. The summed E-state index contributed by atoms with van der Waals surface area (Å²) in [6.45, 7) is 3.51. The molecule has 4 nitrogen and oxygen atoms in total. The van der Waals surface area contributed by atoms with Crippen molar-refractivity contribution in [3.05, 3.63) is 0 Å². The third kappa shape index (κ3) is 3.77. The van der Waals surface area contributed by atoms with Gasteiger partial charge in [-0.25, -0.2) is 4.79 Å². The normalized spacial score (nSPS) is 10.7. The van der Waals surface area contributed by atoms with Crippen LogP contribution in [0.2, 0.25) is 0 Å². The molecule has 0 bridgehead atoms. The summed E-state index contributed by atoms with van der Waals surface area (Å²) in [5.74, 6) is -2.45. The molecule has 0 aromatic carbocycles. The second-order valence-electron chi connectivity index (χ2n) is 2.04. The monoisotopic (exact) mass is 143 g/mol. The molecule has 1 N–H and O–H groups in total. The molecule has 0 radical (unpaired) electrons. The average Bonchev–Trinajstić information content (AvgIpc) is 1.82. The first kappa shape index (κ1) is 8.81. The van der Waals surface area contributed by atoms with Crippen LogP contribution in [-0.2, 0) is 9.59 Å². The van der Waals surface area contributed by atoms with Crippen molar-refractivity contribution in [1.29, 1.82) is 0 Å². The van der Waals surface area contributed by atoms with E-state index in [1.165, 1.54) is 0 Å². The van der Waals surface area contributed by atoms with Crippen molar-refractivity contribution in [2.45, 2.75) is 19.9 Å². The Hall–Kier alpha value is -1.19. The van der Waals surface area contributed by atoms with Gasteiger partial charge in [0.25, 0.3) is 5.78 Å². The van der Waals surface area contributed by atoms with E-state index in [0.717, 1.165) is 6.21 Å². The second kappa shape index (κ2) is 3.76. The number of carbonyl (C=O) groups excluding carboxylic acids is 1. The summed E-state index contributed by atoms with van der Waals surface area (Å²) in [5.41, 5.74) is 0. The highest BCUT2D eigenvalue weighted by molar-refractivity contribution is 6.56. The predicted octanol–water partition coefficient (Wildman–Crippen LogP) is 0.119. The second-order valence-corrected chi connectivity index (χ2v) is 2.04. The van der Waals surface area contributed by atoms with Gasteiger partial charge in [0.1, 0.15) is 0 Å². The summed E-state index contributed by atoms with van der Waals surface area (Å²) in [5, 5.41) is 8.05. The number of hydrogen-bond acceptors (Lipinski definition) is 3. The van der Waals surface area contributed by atoms with Gasteiger partial charge in [-0.1, -0.05) is 0 Å². The van der Waals surface area contributed by atoms with Crippen LogP contribution < -0.4 is 0 Å². The van der Waals surface area contributed by atoms with E-state index >= 15 is 0 Å². The van der Waals surface area contributed by atoms with Crippen molar-refractivity contribution in [2.24, 2.45) is 4.99 Å². The molecule has 0 heterocycles. The van der Waals surface area contributed by atoms with E-state index in [2.05, 4.69) is 4.99 Å². The molecule has 4 heteroatoms. The standard InChI is InChI=1S/C6H9NO3/c1-4(2)7-3-5(8)6(9)10/h3-4H,1-2H3,(H,9,10)/b7-3+. The lowest BCUT2D eigenvalue weighted by Gasteiger charge is -1.90. The molecule has 0 rings (SSSR count). The zero-order valence-electron chi connectivity index (χ0n) is 5.87. The molecule has 0 aromatic rings. The minimum atomic E-state index is -1.47. The summed E-state index contributed by atoms with van der Waals surface area (Å²) in [4.78, 5) is 23.8. The van der Waals surface area contributed by atoms with Gasteiger partial charge in [-0.15, -0.1) is 0 Å². The number of nitrogens with zero attached hydrogens (tertiary/aromatic N) is 1.